The molecule has 3 fully saturated rings. The molecule has 0 aliphatic heterocycles. The van der Waals surface area contributed by atoms with Crippen LogP contribution in [0, 0.1) is 17.8 Å². The van der Waals surface area contributed by atoms with Crippen LogP contribution in [-0.2, 0) is 4.79 Å². The maximum atomic E-state index is 11.6. The summed E-state index contributed by atoms with van der Waals surface area (Å²) in [5.74, 6) is -0.161. The normalized spacial score (nSPS) is 42.6. The quantitative estimate of drug-likeness (QED) is 0.691. The van der Waals surface area contributed by atoms with Crippen LogP contribution >= 0.6 is 0 Å². The van der Waals surface area contributed by atoms with Gasteiger partial charge in [0.2, 0.25) is 0 Å². The van der Waals surface area contributed by atoms with Crippen LogP contribution in [0.3, 0.4) is 0 Å². The Hall–Kier alpha value is -0.710. The highest BCUT2D eigenvalue weighted by molar-refractivity contribution is 5.94. The summed E-state index contributed by atoms with van der Waals surface area (Å²) in [5, 5.41) is 30.8. The maximum absolute atomic E-state index is 11.6. The lowest BCUT2D eigenvalue weighted by Crippen LogP contribution is -2.63. The largest absolute Gasteiger partial charge is 0.393 e. The third kappa shape index (κ3) is 2.69. The van der Waals surface area contributed by atoms with Crippen molar-refractivity contribution in [2.75, 3.05) is 0 Å². The summed E-state index contributed by atoms with van der Waals surface area (Å²) in [7, 11) is 0. The van der Waals surface area contributed by atoms with E-state index < -0.39 is 17.8 Å². The van der Waals surface area contributed by atoms with Gasteiger partial charge in [0.1, 0.15) is 5.60 Å². The molecule has 0 aromatic heterocycles. The molecular formula is C17H26O4. The summed E-state index contributed by atoms with van der Waals surface area (Å²) in [6.45, 7) is 0. The van der Waals surface area contributed by atoms with Crippen LogP contribution in [0.15, 0.2) is 12.2 Å². The maximum Gasteiger partial charge on any atom is 0.165 e. The van der Waals surface area contributed by atoms with Gasteiger partial charge in [-0.25, -0.2) is 0 Å². The lowest BCUT2D eigenvalue weighted by atomic mass is 9.55. The van der Waals surface area contributed by atoms with Gasteiger partial charge in [0.05, 0.1) is 12.2 Å². The van der Waals surface area contributed by atoms with Crippen molar-refractivity contribution in [2.24, 2.45) is 17.8 Å². The number of carbonyl (C=O) groups excluding carboxylic acids is 1. The Morgan fingerprint density at radius 3 is 2.57 bits per heavy atom. The van der Waals surface area contributed by atoms with E-state index in [9.17, 15) is 20.1 Å². The van der Waals surface area contributed by atoms with E-state index in [1.165, 1.54) is 19.3 Å². The van der Waals surface area contributed by atoms with Crippen molar-refractivity contribution in [3.8, 4) is 0 Å². The molecule has 0 bridgehead atoms. The molecule has 0 saturated heterocycles. The van der Waals surface area contributed by atoms with Gasteiger partial charge in [-0.05, 0) is 31.6 Å². The number of Topliss-reactive ketones (excluding diaryl/α,β-unsaturated/α-hetero) is 1. The summed E-state index contributed by atoms with van der Waals surface area (Å²) >= 11 is 0. The van der Waals surface area contributed by atoms with Crippen LogP contribution in [0.4, 0.5) is 0 Å². The Morgan fingerprint density at radius 2 is 1.90 bits per heavy atom. The minimum absolute atomic E-state index is 0.0920. The van der Waals surface area contributed by atoms with E-state index in [-0.39, 0.29) is 17.6 Å². The molecule has 21 heavy (non-hydrogen) atoms. The average molecular weight is 294 g/mol. The second-order valence-corrected chi connectivity index (χ2v) is 7.12. The molecule has 4 nitrogen and oxygen atoms in total. The third-order valence-corrected chi connectivity index (χ3v) is 5.90. The molecule has 0 unspecified atom stereocenters. The smallest absolute Gasteiger partial charge is 0.165 e. The molecule has 118 valence electrons. The standard InChI is InChI=1S/C17H26O4/c18-14(11-4-2-1-3-5-11)7-6-12-13-10-16(20)17(13,21)9-8-15(12)19/h6-7,11-15,18-19,21H,1-5,8-10H2/b7-6+/t12-,13-,14-,15-,17-/m1/s1. The Bertz CT molecular complexity index is 427. The number of hydrogen-bond donors (Lipinski definition) is 3. The van der Waals surface area contributed by atoms with Gasteiger partial charge < -0.3 is 15.3 Å². The van der Waals surface area contributed by atoms with Crippen molar-refractivity contribution >= 4 is 5.78 Å². The number of ketones is 1. The molecule has 3 saturated carbocycles. The van der Waals surface area contributed by atoms with Gasteiger partial charge >= 0.3 is 0 Å². The van der Waals surface area contributed by atoms with E-state index in [1.807, 2.05) is 6.08 Å². The van der Waals surface area contributed by atoms with Crippen LogP contribution < -0.4 is 0 Å². The van der Waals surface area contributed by atoms with Crippen molar-refractivity contribution < 1.29 is 20.1 Å². The molecule has 4 heteroatoms. The predicted molar refractivity (Wildman–Crippen MR) is 78.5 cm³/mol. The van der Waals surface area contributed by atoms with E-state index in [0.717, 1.165) is 12.8 Å². The highest BCUT2D eigenvalue weighted by atomic mass is 16.3. The Labute approximate surface area is 125 Å². The zero-order chi connectivity index (χ0) is 15.0. The highest BCUT2D eigenvalue weighted by Crippen LogP contribution is 2.49. The molecule has 0 spiro atoms. The van der Waals surface area contributed by atoms with E-state index in [4.69, 9.17) is 0 Å². The van der Waals surface area contributed by atoms with Crippen LogP contribution in [-0.4, -0.2) is 38.9 Å². The van der Waals surface area contributed by atoms with Crippen molar-refractivity contribution in [3.63, 3.8) is 0 Å². The zero-order valence-electron chi connectivity index (χ0n) is 12.4. The van der Waals surface area contributed by atoms with E-state index >= 15 is 0 Å². The fourth-order valence-electron chi connectivity index (χ4n) is 4.37. The van der Waals surface area contributed by atoms with Gasteiger partial charge in [-0.2, -0.15) is 0 Å². The number of aliphatic hydroxyl groups is 3. The van der Waals surface area contributed by atoms with Crippen LogP contribution in [0.25, 0.3) is 0 Å². The van der Waals surface area contributed by atoms with Crippen molar-refractivity contribution in [1.29, 1.82) is 0 Å². The molecule has 3 rings (SSSR count). The minimum Gasteiger partial charge on any atom is -0.393 e. The van der Waals surface area contributed by atoms with Gasteiger partial charge in [0, 0.05) is 18.3 Å². The topological polar surface area (TPSA) is 77.8 Å². The van der Waals surface area contributed by atoms with Gasteiger partial charge in [-0.1, -0.05) is 31.4 Å². The summed E-state index contributed by atoms with van der Waals surface area (Å²) in [6, 6.07) is 0. The summed E-state index contributed by atoms with van der Waals surface area (Å²) in [5.41, 5.74) is -1.22. The van der Waals surface area contributed by atoms with Crippen LogP contribution in [0.2, 0.25) is 0 Å². The fraction of sp³-hybridized carbons (Fsp3) is 0.824. The molecule has 3 N–H and O–H groups in total. The molecule has 3 aliphatic rings. The Balaban J connectivity index is 1.65. The first-order valence-electron chi connectivity index (χ1n) is 8.32. The lowest BCUT2D eigenvalue weighted by molar-refractivity contribution is -0.182. The molecule has 0 aromatic rings. The van der Waals surface area contributed by atoms with E-state index in [2.05, 4.69) is 0 Å². The number of rotatable bonds is 3. The second-order valence-electron chi connectivity index (χ2n) is 7.12. The van der Waals surface area contributed by atoms with Gasteiger partial charge in [0.15, 0.2) is 5.78 Å². The predicted octanol–water partition coefficient (Wildman–Crippen LogP) is 1.57. The van der Waals surface area contributed by atoms with Gasteiger partial charge in [-0.3, -0.25) is 4.79 Å². The highest BCUT2D eigenvalue weighted by Gasteiger charge is 2.59. The first kappa shape index (κ1) is 15.2. The van der Waals surface area contributed by atoms with E-state index in [1.54, 1.807) is 6.08 Å². The first-order chi connectivity index (χ1) is 10.0. The SMILES string of the molecule is O=C1C[C@@H]2[C@@H](/C=C/[C@@H](O)C3CCCCC3)[C@H](O)CC[C@]12O. The third-order valence-electron chi connectivity index (χ3n) is 5.90. The number of carbonyl (C=O) groups is 1. The molecule has 0 amide bonds. The first-order valence-corrected chi connectivity index (χ1v) is 8.32. The summed E-state index contributed by atoms with van der Waals surface area (Å²) in [4.78, 5) is 11.6. The molecular weight excluding hydrogens is 268 g/mol. The van der Waals surface area contributed by atoms with Crippen molar-refractivity contribution in [2.45, 2.75) is 69.2 Å². The fourth-order valence-corrected chi connectivity index (χ4v) is 4.37. The monoisotopic (exact) mass is 294 g/mol. The molecule has 0 heterocycles. The van der Waals surface area contributed by atoms with Gasteiger partial charge in [-0.15, -0.1) is 0 Å². The number of hydrogen-bond acceptors (Lipinski definition) is 4. The van der Waals surface area contributed by atoms with Gasteiger partial charge in [0.25, 0.3) is 0 Å². The summed E-state index contributed by atoms with van der Waals surface area (Å²) < 4.78 is 0. The molecule has 0 aromatic carbocycles. The number of aliphatic hydroxyl groups excluding tert-OH is 2. The molecule has 0 radical (unpaired) electrons. The van der Waals surface area contributed by atoms with Crippen molar-refractivity contribution in [1.82, 2.24) is 0 Å². The minimum atomic E-state index is -1.22. The molecule has 3 aliphatic carbocycles. The second kappa shape index (κ2) is 5.82. The van der Waals surface area contributed by atoms with E-state index in [0.29, 0.717) is 25.2 Å². The molecule has 5 atom stereocenters. The van der Waals surface area contributed by atoms with Crippen molar-refractivity contribution in [3.05, 3.63) is 12.2 Å². The van der Waals surface area contributed by atoms with Crippen LogP contribution in [0.5, 0.6) is 0 Å². The van der Waals surface area contributed by atoms with Crippen LogP contribution in [0.1, 0.15) is 51.4 Å². The lowest BCUT2D eigenvalue weighted by Gasteiger charge is -2.52. The average Bonchev–Trinajstić information content (AvgIpc) is 2.51. The Kier molecular flexibility index (Phi) is 4.21. The Morgan fingerprint density at radius 1 is 1.19 bits per heavy atom. The number of fused-ring (bicyclic) bond motifs is 1. The zero-order valence-corrected chi connectivity index (χ0v) is 12.4. The summed E-state index contributed by atoms with van der Waals surface area (Å²) in [6.07, 6.45) is 9.56.